The monoisotopic (exact) mass is 673 g/mol. The van der Waals surface area contributed by atoms with Gasteiger partial charge in [-0.1, -0.05) is 72.4 Å². The van der Waals surface area contributed by atoms with Gasteiger partial charge in [-0.25, -0.2) is 8.42 Å². The number of sulfonamides is 1. The Labute approximate surface area is 274 Å². The Morgan fingerprint density at radius 1 is 0.956 bits per heavy atom. The van der Waals surface area contributed by atoms with Gasteiger partial charge in [0.15, 0.2) is 11.5 Å². The zero-order valence-corrected chi connectivity index (χ0v) is 27.4. The number of anilines is 1. The van der Waals surface area contributed by atoms with Gasteiger partial charge < -0.3 is 19.7 Å². The van der Waals surface area contributed by atoms with E-state index in [1.165, 1.54) is 9.21 Å². The number of nitrogens with one attached hydrogen (secondary N) is 1. The van der Waals surface area contributed by atoms with Gasteiger partial charge in [0.2, 0.25) is 28.6 Å². The van der Waals surface area contributed by atoms with E-state index >= 15 is 0 Å². The number of hydrogen-bond donors (Lipinski definition) is 1. The van der Waals surface area contributed by atoms with Gasteiger partial charge in [-0.3, -0.25) is 13.9 Å². The second-order valence-corrected chi connectivity index (χ2v) is 14.1. The summed E-state index contributed by atoms with van der Waals surface area (Å²) in [5.74, 6) is 0.446. The summed E-state index contributed by atoms with van der Waals surface area (Å²) in [4.78, 5) is 29.6. The summed E-state index contributed by atoms with van der Waals surface area (Å²) in [5, 5.41) is 3.96. The van der Waals surface area contributed by atoms with Gasteiger partial charge in [0.05, 0.1) is 11.9 Å². The number of nitrogens with zero attached hydrogens (tertiary/aromatic N) is 2. The van der Waals surface area contributed by atoms with E-state index in [2.05, 4.69) is 5.32 Å². The number of carbonyl (C=O) groups is 2. The van der Waals surface area contributed by atoms with Crippen molar-refractivity contribution in [2.24, 2.45) is 0 Å². The van der Waals surface area contributed by atoms with Crippen LogP contribution in [0.1, 0.15) is 49.7 Å². The first-order valence-electron chi connectivity index (χ1n) is 15.0. The average Bonchev–Trinajstić information content (AvgIpc) is 3.70. The number of hydrogen-bond acceptors (Lipinski definition) is 6. The fourth-order valence-electron chi connectivity index (χ4n) is 5.82. The van der Waals surface area contributed by atoms with Crippen LogP contribution in [0.3, 0.4) is 0 Å². The van der Waals surface area contributed by atoms with Gasteiger partial charge in [0, 0.05) is 53.6 Å². The first kappa shape index (κ1) is 32.9. The molecule has 3 aromatic carbocycles. The minimum atomic E-state index is -3.68. The lowest BCUT2D eigenvalue weighted by atomic mass is 10.0. The van der Waals surface area contributed by atoms with Crippen molar-refractivity contribution in [3.63, 3.8) is 0 Å². The quantitative estimate of drug-likeness (QED) is 0.240. The summed E-state index contributed by atoms with van der Waals surface area (Å²) in [6.45, 7) is 0.128. The maximum Gasteiger partial charge on any atom is 0.243 e. The average molecular weight is 675 g/mol. The molecule has 5 rings (SSSR count). The van der Waals surface area contributed by atoms with E-state index in [1.807, 2.05) is 30.3 Å². The van der Waals surface area contributed by atoms with E-state index < -0.39 is 16.1 Å². The topological polar surface area (TPSA) is 105 Å². The first-order valence-corrected chi connectivity index (χ1v) is 17.6. The number of carbonyl (C=O) groups excluding carboxylic acids is 2. The smallest absolute Gasteiger partial charge is 0.243 e. The van der Waals surface area contributed by atoms with E-state index in [0.717, 1.165) is 37.5 Å². The molecule has 1 saturated carbocycles. The molecule has 0 aromatic heterocycles. The second kappa shape index (κ2) is 14.7. The van der Waals surface area contributed by atoms with Crippen molar-refractivity contribution in [2.75, 3.05) is 23.9 Å². The van der Waals surface area contributed by atoms with Crippen molar-refractivity contribution in [3.05, 3.63) is 87.9 Å². The fourth-order valence-corrected chi connectivity index (χ4v) is 7.29. The van der Waals surface area contributed by atoms with Gasteiger partial charge in [-0.2, -0.15) is 0 Å². The summed E-state index contributed by atoms with van der Waals surface area (Å²) in [6.07, 6.45) is 5.49. The number of fused-ring (bicyclic) bond motifs is 1. The third-order valence-corrected chi connectivity index (χ3v) is 10.1. The lowest BCUT2D eigenvalue weighted by molar-refractivity contribution is -0.141. The molecular weight excluding hydrogens is 637 g/mol. The number of benzene rings is 3. The second-order valence-electron chi connectivity index (χ2n) is 11.4. The summed E-state index contributed by atoms with van der Waals surface area (Å²) in [6, 6.07) is 18.8. The first-order chi connectivity index (χ1) is 21.6. The molecule has 1 fully saturated rings. The summed E-state index contributed by atoms with van der Waals surface area (Å²) >= 11 is 13.1. The van der Waals surface area contributed by atoms with Crippen LogP contribution in [-0.4, -0.2) is 56.8 Å². The van der Waals surface area contributed by atoms with Crippen LogP contribution in [0, 0.1) is 0 Å². The van der Waals surface area contributed by atoms with E-state index in [9.17, 15) is 18.0 Å². The highest BCUT2D eigenvalue weighted by Crippen LogP contribution is 2.36. The van der Waals surface area contributed by atoms with E-state index in [4.69, 9.17) is 32.7 Å². The van der Waals surface area contributed by atoms with Gasteiger partial charge in [0.1, 0.15) is 6.04 Å². The highest BCUT2D eigenvalue weighted by atomic mass is 35.5. The number of ether oxygens (including phenoxy) is 2. The van der Waals surface area contributed by atoms with Crippen LogP contribution in [0.4, 0.5) is 5.69 Å². The maximum atomic E-state index is 14.1. The van der Waals surface area contributed by atoms with Gasteiger partial charge in [0.25, 0.3) is 0 Å². The Morgan fingerprint density at radius 2 is 1.64 bits per heavy atom. The standard InChI is InChI=1S/C33H37Cl2N3O6S/c1-45(41,42)38(25-16-17-30-31(20-25)44-22-43-30)18-8-15-32(39)37(21-26-27(34)13-7-14-28(26)35)29(19-23-9-3-2-4-10-23)33(40)36-24-11-5-6-12-24/h2-4,7,9-10,13-14,16-17,20,24,29H,5-6,8,11-12,15,18-19,21-22H2,1H3,(H,36,40)/t29-/m0/s1. The number of halogens is 2. The van der Waals surface area contributed by atoms with Crippen molar-refractivity contribution in [1.29, 1.82) is 0 Å². The molecule has 240 valence electrons. The third kappa shape index (κ3) is 8.42. The predicted molar refractivity (Wildman–Crippen MR) is 175 cm³/mol. The number of amides is 2. The van der Waals surface area contributed by atoms with Crippen LogP contribution < -0.4 is 19.1 Å². The molecule has 12 heteroatoms. The fraction of sp³-hybridized carbons (Fsp3) is 0.394. The molecule has 2 aliphatic rings. The predicted octanol–water partition coefficient (Wildman–Crippen LogP) is 5.97. The van der Waals surface area contributed by atoms with E-state index in [0.29, 0.717) is 39.2 Å². The molecule has 0 saturated heterocycles. The molecule has 45 heavy (non-hydrogen) atoms. The molecule has 1 heterocycles. The van der Waals surface area contributed by atoms with Crippen LogP contribution in [0.15, 0.2) is 66.7 Å². The number of rotatable bonds is 13. The summed E-state index contributed by atoms with van der Waals surface area (Å²) in [7, 11) is -3.68. The van der Waals surface area contributed by atoms with Crippen LogP contribution in [0.2, 0.25) is 10.0 Å². The Kier molecular flexibility index (Phi) is 10.8. The van der Waals surface area contributed by atoms with Crippen molar-refractivity contribution < 1.29 is 27.5 Å². The molecule has 0 radical (unpaired) electrons. The van der Waals surface area contributed by atoms with E-state index in [1.54, 1.807) is 36.4 Å². The molecule has 0 bridgehead atoms. The molecule has 1 aliphatic heterocycles. The third-order valence-electron chi connectivity index (χ3n) is 8.16. The zero-order valence-electron chi connectivity index (χ0n) is 25.1. The molecule has 2 amide bonds. The van der Waals surface area contributed by atoms with Gasteiger partial charge in [-0.15, -0.1) is 0 Å². The van der Waals surface area contributed by atoms with Gasteiger partial charge >= 0.3 is 0 Å². The van der Waals surface area contributed by atoms with Crippen molar-refractivity contribution in [3.8, 4) is 11.5 Å². The Hall–Kier alpha value is -3.47. The van der Waals surface area contributed by atoms with Crippen LogP contribution in [-0.2, 0) is 32.6 Å². The lowest BCUT2D eigenvalue weighted by Crippen LogP contribution is -2.52. The molecule has 1 aliphatic carbocycles. The molecular formula is C33H37Cl2N3O6S. The minimum Gasteiger partial charge on any atom is -0.454 e. The van der Waals surface area contributed by atoms with Gasteiger partial charge in [-0.05, 0) is 49.1 Å². The normalized spacial score (nSPS) is 15.1. The molecule has 1 N–H and O–H groups in total. The van der Waals surface area contributed by atoms with Crippen LogP contribution in [0.25, 0.3) is 0 Å². The minimum absolute atomic E-state index is 0.0133. The molecule has 0 spiro atoms. The van der Waals surface area contributed by atoms with Crippen molar-refractivity contribution in [2.45, 2.75) is 63.6 Å². The van der Waals surface area contributed by atoms with E-state index in [-0.39, 0.29) is 50.6 Å². The zero-order chi connectivity index (χ0) is 32.0. The SMILES string of the molecule is CS(=O)(=O)N(CCCC(=O)N(Cc1c(Cl)cccc1Cl)[C@@H](Cc1ccccc1)C(=O)NC1CCCC1)c1ccc2c(c1)OCO2. The molecule has 3 aromatic rings. The maximum absolute atomic E-state index is 14.1. The largest absolute Gasteiger partial charge is 0.454 e. The molecule has 0 unspecified atom stereocenters. The summed E-state index contributed by atoms with van der Waals surface area (Å²) < 4.78 is 37.6. The highest BCUT2D eigenvalue weighted by molar-refractivity contribution is 7.92. The van der Waals surface area contributed by atoms with Crippen molar-refractivity contribution in [1.82, 2.24) is 10.2 Å². The van der Waals surface area contributed by atoms with Crippen LogP contribution in [0.5, 0.6) is 11.5 Å². The highest BCUT2D eigenvalue weighted by Gasteiger charge is 2.33. The summed E-state index contributed by atoms with van der Waals surface area (Å²) in [5.41, 5.74) is 1.85. The molecule has 1 atom stereocenters. The lowest BCUT2D eigenvalue weighted by Gasteiger charge is -2.33. The Balaban J connectivity index is 1.40. The Bertz CT molecular complexity index is 1600. The van der Waals surface area contributed by atoms with Crippen LogP contribution >= 0.6 is 23.2 Å². The van der Waals surface area contributed by atoms with Crippen molar-refractivity contribution >= 4 is 50.7 Å². The molecule has 9 nitrogen and oxygen atoms in total. The Morgan fingerprint density at radius 3 is 2.33 bits per heavy atom.